The molecule has 62 valence electrons. The highest BCUT2D eigenvalue weighted by Gasteiger charge is 2.03. The van der Waals surface area contributed by atoms with Crippen molar-refractivity contribution in [1.82, 2.24) is 0 Å². The van der Waals surface area contributed by atoms with Gasteiger partial charge < -0.3 is 5.11 Å². The van der Waals surface area contributed by atoms with E-state index in [0.29, 0.717) is 11.3 Å². The molecule has 0 spiro atoms. The molecule has 0 unspecified atom stereocenters. The normalized spacial score (nSPS) is 8.75. The van der Waals surface area contributed by atoms with E-state index in [2.05, 4.69) is 24.5 Å². The molecule has 1 heterocycles. The van der Waals surface area contributed by atoms with Crippen LogP contribution in [-0.2, 0) is 0 Å². The van der Waals surface area contributed by atoms with Crippen LogP contribution in [0.4, 0.5) is 0 Å². The zero-order valence-corrected chi connectivity index (χ0v) is 7.78. The number of carboxylic acid groups (broad SMARTS) is 1. The van der Waals surface area contributed by atoms with Gasteiger partial charge in [0.1, 0.15) is 0 Å². The average Bonchev–Trinajstić information content (AvgIpc) is 2.48. The quantitative estimate of drug-likeness (QED) is 0.532. The molecule has 2 nitrogen and oxygen atoms in total. The molecule has 0 aliphatic carbocycles. The lowest BCUT2D eigenvalue weighted by Crippen LogP contribution is -1.91. The number of rotatable bonds is 1. The molecular weight excluding hydrogens is 192 g/mol. The van der Waals surface area contributed by atoms with E-state index in [1.807, 2.05) is 0 Å². The van der Waals surface area contributed by atoms with Gasteiger partial charge in [0.05, 0.1) is 16.2 Å². The maximum Gasteiger partial charge on any atom is 0.336 e. The van der Waals surface area contributed by atoms with Gasteiger partial charge in [-0.05, 0) is 6.07 Å². The number of thiol groups is 1. The fourth-order valence-electron chi connectivity index (χ4n) is 0.641. The highest BCUT2D eigenvalue weighted by Crippen LogP contribution is 2.12. The summed E-state index contributed by atoms with van der Waals surface area (Å²) in [7, 11) is 0. The molecule has 0 saturated carbocycles. The fourth-order valence-corrected chi connectivity index (χ4v) is 1.47. The Morgan fingerprint density at radius 3 is 3.00 bits per heavy atom. The zero-order valence-electron chi connectivity index (χ0n) is 6.07. The number of hydrogen-bond acceptors (Lipinski definition) is 3. The summed E-state index contributed by atoms with van der Waals surface area (Å²) in [4.78, 5) is 11.2. The van der Waals surface area contributed by atoms with Crippen molar-refractivity contribution in [2.75, 3.05) is 5.75 Å². The van der Waals surface area contributed by atoms with Gasteiger partial charge in [-0.2, -0.15) is 12.6 Å². The van der Waals surface area contributed by atoms with Gasteiger partial charge in [0, 0.05) is 5.38 Å². The first-order valence-corrected chi connectivity index (χ1v) is 4.67. The maximum absolute atomic E-state index is 10.4. The molecule has 1 aromatic heterocycles. The molecule has 1 rings (SSSR count). The molecule has 0 amide bonds. The van der Waals surface area contributed by atoms with Crippen molar-refractivity contribution in [1.29, 1.82) is 0 Å². The molecule has 1 aromatic rings. The minimum Gasteiger partial charge on any atom is -0.478 e. The number of thiophene rings is 1. The van der Waals surface area contributed by atoms with E-state index < -0.39 is 5.97 Å². The van der Waals surface area contributed by atoms with Crippen LogP contribution in [0.1, 0.15) is 15.2 Å². The Morgan fingerprint density at radius 1 is 1.75 bits per heavy atom. The Bertz CT molecular complexity index is 343. The van der Waals surface area contributed by atoms with E-state index in [-0.39, 0.29) is 0 Å². The summed E-state index contributed by atoms with van der Waals surface area (Å²) < 4.78 is 0. The van der Waals surface area contributed by atoms with Crippen LogP contribution in [0.15, 0.2) is 11.4 Å². The second-order valence-corrected chi connectivity index (χ2v) is 3.19. The summed E-state index contributed by atoms with van der Waals surface area (Å²) in [5, 5.41) is 10.1. The molecule has 4 heteroatoms. The molecular formula is C8H6O2S2. The van der Waals surface area contributed by atoms with Crippen molar-refractivity contribution in [3.63, 3.8) is 0 Å². The monoisotopic (exact) mass is 198 g/mol. The number of hydrogen-bond donors (Lipinski definition) is 2. The summed E-state index contributed by atoms with van der Waals surface area (Å²) in [5.41, 5.74) is 0.295. The van der Waals surface area contributed by atoms with Crippen LogP contribution >= 0.6 is 24.0 Å². The van der Waals surface area contributed by atoms with Crippen LogP contribution in [0.5, 0.6) is 0 Å². The van der Waals surface area contributed by atoms with Gasteiger partial charge in [-0.15, -0.1) is 11.3 Å². The minimum absolute atomic E-state index is 0.295. The van der Waals surface area contributed by atoms with Crippen LogP contribution in [0.3, 0.4) is 0 Å². The smallest absolute Gasteiger partial charge is 0.336 e. The van der Waals surface area contributed by atoms with E-state index in [1.165, 1.54) is 11.3 Å². The third-order valence-corrected chi connectivity index (χ3v) is 2.14. The Balaban J connectivity index is 2.84. The third kappa shape index (κ3) is 2.29. The van der Waals surface area contributed by atoms with Gasteiger partial charge in [0.15, 0.2) is 0 Å². The second kappa shape index (κ2) is 4.19. The highest BCUT2D eigenvalue weighted by atomic mass is 32.1. The Hall–Kier alpha value is -0.920. The lowest BCUT2D eigenvalue weighted by molar-refractivity contribution is 0.0697. The van der Waals surface area contributed by atoms with E-state index in [9.17, 15) is 4.79 Å². The first-order chi connectivity index (χ1) is 5.74. The van der Waals surface area contributed by atoms with Crippen molar-refractivity contribution in [3.05, 3.63) is 21.9 Å². The summed E-state index contributed by atoms with van der Waals surface area (Å²) in [6.45, 7) is 0. The average molecular weight is 198 g/mol. The molecule has 0 aromatic carbocycles. The zero-order chi connectivity index (χ0) is 8.97. The molecule has 0 aliphatic rings. The molecule has 0 atom stereocenters. The van der Waals surface area contributed by atoms with Crippen LogP contribution in [0, 0.1) is 11.8 Å². The topological polar surface area (TPSA) is 37.3 Å². The summed E-state index contributed by atoms with van der Waals surface area (Å²) in [6, 6.07) is 1.56. The molecule has 0 saturated heterocycles. The van der Waals surface area contributed by atoms with E-state index in [0.717, 1.165) is 4.88 Å². The first-order valence-electron chi connectivity index (χ1n) is 3.15. The molecule has 0 bridgehead atoms. The predicted octanol–water partition coefficient (Wildman–Crippen LogP) is 1.73. The van der Waals surface area contributed by atoms with Crippen LogP contribution in [-0.4, -0.2) is 16.8 Å². The molecule has 0 aliphatic heterocycles. The van der Waals surface area contributed by atoms with Crippen LogP contribution in [0.25, 0.3) is 0 Å². The Morgan fingerprint density at radius 2 is 2.50 bits per heavy atom. The number of carbonyl (C=O) groups is 1. The largest absolute Gasteiger partial charge is 0.478 e. The van der Waals surface area contributed by atoms with Crippen molar-refractivity contribution < 1.29 is 9.90 Å². The predicted molar refractivity (Wildman–Crippen MR) is 52.0 cm³/mol. The van der Waals surface area contributed by atoms with E-state index >= 15 is 0 Å². The fraction of sp³-hybridized carbons (Fsp3) is 0.125. The highest BCUT2D eigenvalue weighted by molar-refractivity contribution is 7.80. The minimum atomic E-state index is -0.912. The van der Waals surface area contributed by atoms with E-state index in [4.69, 9.17) is 5.11 Å². The molecule has 1 N–H and O–H groups in total. The number of aromatic carboxylic acids is 1. The van der Waals surface area contributed by atoms with Gasteiger partial charge in [-0.25, -0.2) is 4.79 Å². The van der Waals surface area contributed by atoms with Crippen molar-refractivity contribution in [3.8, 4) is 11.8 Å². The summed E-state index contributed by atoms with van der Waals surface area (Å²) in [5.74, 6) is 5.12. The van der Waals surface area contributed by atoms with Crippen LogP contribution in [0.2, 0.25) is 0 Å². The van der Waals surface area contributed by atoms with Crippen molar-refractivity contribution >= 4 is 29.9 Å². The van der Waals surface area contributed by atoms with Gasteiger partial charge in [-0.3, -0.25) is 0 Å². The van der Waals surface area contributed by atoms with Crippen LogP contribution < -0.4 is 0 Å². The molecule has 0 fully saturated rings. The summed E-state index contributed by atoms with van der Waals surface area (Å²) in [6.07, 6.45) is 0. The van der Waals surface area contributed by atoms with Gasteiger partial charge >= 0.3 is 5.97 Å². The maximum atomic E-state index is 10.4. The standard InChI is InChI=1S/C8H6O2S2/c9-8(10)6-4-7(12-5-6)2-1-3-11/h4-5,11H,3H2,(H,9,10). The van der Waals surface area contributed by atoms with Crippen molar-refractivity contribution in [2.24, 2.45) is 0 Å². The molecule has 0 radical (unpaired) electrons. The van der Waals surface area contributed by atoms with Crippen molar-refractivity contribution in [2.45, 2.75) is 0 Å². The van der Waals surface area contributed by atoms with Gasteiger partial charge in [0.25, 0.3) is 0 Å². The lowest BCUT2D eigenvalue weighted by Gasteiger charge is -1.80. The van der Waals surface area contributed by atoms with E-state index in [1.54, 1.807) is 11.4 Å². The van der Waals surface area contributed by atoms with Gasteiger partial charge in [0.2, 0.25) is 0 Å². The summed E-state index contributed by atoms with van der Waals surface area (Å²) >= 11 is 5.24. The first kappa shape index (κ1) is 9.17. The Labute approximate surface area is 79.6 Å². The van der Waals surface area contributed by atoms with Gasteiger partial charge in [-0.1, -0.05) is 11.8 Å². The molecule has 12 heavy (non-hydrogen) atoms. The third-order valence-electron chi connectivity index (χ3n) is 1.14. The Kier molecular flexibility index (Phi) is 3.20. The second-order valence-electron chi connectivity index (χ2n) is 1.96. The number of carboxylic acids is 1. The lowest BCUT2D eigenvalue weighted by atomic mass is 10.3. The SMILES string of the molecule is O=C(O)c1csc(C#CCS)c1.